The fourth-order valence-electron chi connectivity index (χ4n) is 1.94. The molecule has 0 aliphatic carbocycles. The first-order valence-electron chi connectivity index (χ1n) is 6.71. The van der Waals surface area contributed by atoms with E-state index in [1.54, 1.807) is 6.21 Å². The minimum Gasteiger partial charge on any atom is -0.372 e. The van der Waals surface area contributed by atoms with Gasteiger partial charge in [-0.1, -0.05) is 12.1 Å². The first-order chi connectivity index (χ1) is 10.2. The highest BCUT2D eigenvalue weighted by atomic mass is 32.1. The SMILES string of the molecule is CCN(CC)c1ccc(/C=N/n2c(=O)cn[nH]c2=S)cc1. The summed E-state index contributed by atoms with van der Waals surface area (Å²) in [4.78, 5) is 13.8. The summed E-state index contributed by atoms with van der Waals surface area (Å²) in [6, 6.07) is 7.97. The van der Waals surface area contributed by atoms with Gasteiger partial charge in [0.1, 0.15) is 6.20 Å². The Labute approximate surface area is 127 Å². The molecule has 0 saturated carbocycles. The van der Waals surface area contributed by atoms with Crippen molar-refractivity contribution >= 4 is 24.1 Å². The van der Waals surface area contributed by atoms with Gasteiger partial charge in [-0.25, -0.2) is 0 Å². The maximum absolute atomic E-state index is 11.6. The molecule has 0 aliphatic heterocycles. The van der Waals surface area contributed by atoms with Crippen LogP contribution in [0.3, 0.4) is 0 Å². The van der Waals surface area contributed by atoms with Crippen LogP contribution in [-0.2, 0) is 0 Å². The molecule has 1 N–H and O–H groups in total. The molecule has 0 aliphatic rings. The minimum absolute atomic E-state index is 0.165. The van der Waals surface area contributed by atoms with E-state index in [4.69, 9.17) is 12.2 Å². The van der Waals surface area contributed by atoms with Crippen LogP contribution in [0.1, 0.15) is 19.4 Å². The number of nitrogens with one attached hydrogen (secondary N) is 1. The fraction of sp³-hybridized carbons (Fsp3) is 0.286. The van der Waals surface area contributed by atoms with Crippen molar-refractivity contribution in [2.24, 2.45) is 5.10 Å². The Balaban J connectivity index is 2.23. The van der Waals surface area contributed by atoms with Gasteiger partial charge in [0.05, 0.1) is 6.21 Å². The average molecular weight is 303 g/mol. The molecule has 1 aromatic carbocycles. The molecule has 0 bridgehead atoms. The monoisotopic (exact) mass is 303 g/mol. The molecule has 0 amide bonds. The van der Waals surface area contributed by atoms with Crippen LogP contribution in [0.4, 0.5) is 5.69 Å². The molecule has 2 rings (SSSR count). The van der Waals surface area contributed by atoms with Crippen molar-refractivity contribution in [3.05, 3.63) is 51.2 Å². The summed E-state index contributed by atoms with van der Waals surface area (Å²) in [5, 5.41) is 10.2. The second kappa shape index (κ2) is 6.94. The summed E-state index contributed by atoms with van der Waals surface area (Å²) in [6.07, 6.45) is 2.73. The van der Waals surface area contributed by atoms with Gasteiger partial charge >= 0.3 is 0 Å². The first-order valence-corrected chi connectivity index (χ1v) is 7.12. The average Bonchev–Trinajstić information content (AvgIpc) is 2.49. The van der Waals surface area contributed by atoms with Gasteiger partial charge in [-0.2, -0.15) is 14.9 Å². The van der Waals surface area contributed by atoms with E-state index < -0.39 is 0 Å². The lowest BCUT2D eigenvalue weighted by atomic mass is 10.2. The van der Waals surface area contributed by atoms with Gasteiger partial charge in [0, 0.05) is 18.8 Å². The highest BCUT2D eigenvalue weighted by Gasteiger charge is 2.00. The standard InChI is InChI=1S/C14H17N5OS/c1-3-18(4-2)12-7-5-11(6-8-12)9-16-19-13(20)10-15-17-14(19)21/h5-10H,3-4H2,1-2H3,(H,17,21)/b16-9+. The fourth-order valence-corrected chi connectivity index (χ4v) is 2.13. The van der Waals surface area contributed by atoms with Crippen molar-refractivity contribution in [3.63, 3.8) is 0 Å². The summed E-state index contributed by atoms with van der Waals surface area (Å²) in [5.41, 5.74) is 1.69. The summed E-state index contributed by atoms with van der Waals surface area (Å²) in [6.45, 7) is 6.17. The molecular weight excluding hydrogens is 286 g/mol. The molecule has 0 saturated heterocycles. The molecule has 0 spiro atoms. The van der Waals surface area contributed by atoms with Gasteiger partial charge in [0.2, 0.25) is 4.77 Å². The van der Waals surface area contributed by atoms with Crippen molar-refractivity contribution in [3.8, 4) is 0 Å². The Morgan fingerprint density at radius 2 is 2.00 bits per heavy atom. The summed E-state index contributed by atoms with van der Waals surface area (Å²) in [5.74, 6) is 0. The zero-order valence-corrected chi connectivity index (χ0v) is 12.8. The van der Waals surface area contributed by atoms with Gasteiger partial charge in [0.15, 0.2) is 0 Å². The van der Waals surface area contributed by atoms with Gasteiger partial charge < -0.3 is 4.90 Å². The zero-order valence-electron chi connectivity index (χ0n) is 12.0. The van der Waals surface area contributed by atoms with Gasteiger partial charge in [0.25, 0.3) is 5.56 Å². The van der Waals surface area contributed by atoms with Crippen LogP contribution in [0.5, 0.6) is 0 Å². The Morgan fingerprint density at radius 3 is 2.57 bits per heavy atom. The molecule has 0 fully saturated rings. The third-order valence-electron chi connectivity index (χ3n) is 3.08. The van der Waals surface area contributed by atoms with E-state index in [-0.39, 0.29) is 10.3 Å². The number of nitrogens with zero attached hydrogens (tertiary/aromatic N) is 4. The van der Waals surface area contributed by atoms with Crippen molar-refractivity contribution in [2.75, 3.05) is 18.0 Å². The lowest BCUT2D eigenvalue weighted by Gasteiger charge is -2.20. The van der Waals surface area contributed by atoms with Crippen molar-refractivity contribution in [1.82, 2.24) is 14.9 Å². The predicted molar refractivity (Wildman–Crippen MR) is 86.7 cm³/mol. The van der Waals surface area contributed by atoms with Crippen molar-refractivity contribution in [2.45, 2.75) is 13.8 Å². The number of aromatic nitrogens is 3. The number of rotatable bonds is 5. The van der Waals surface area contributed by atoms with Gasteiger partial charge in [-0.05, 0) is 43.8 Å². The summed E-state index contributed by atoms with van der Waals surface area (Å²) < 4.78 is 1.26. The van der Waals surface area contributed by atoms with E-state index in [0.717, 1.165) is 35.2 Å². The second-order valence-electron chi connectivity index (χ2n) is 4.33. The zero-order chi connectivity index (χ0) is 15.2. The normalized spacial score (nSPS) is 11.0. The lowest BCUT2D eigenvalue weighted by Crippen LogP contribution is -2.21. The number of H-pyrrole nitrogens is 1. The smallest absolute Gasteiger partial charge is 0.293 e. The topological polar surface area (TPSA) is 66.3 Å². The molecule has 21 heavy (non-hydrogen) atoms. The van der Waals surface area contributed by atoms with Crippen LogP contribution in [0, 0.1) is 4.77 Å². The highest BCUT2D eigenvalue weighted by molar-refractivity contribution is 7.71. The van der Waals surface area contributed by atoms with Gasteiger partial charge in [-0.15, -0.1) is 0 Å². The molecule has 0 unspecified atom stereocenters. The number of benzene rings is 1. The van der Waals surface area contributed by atoms with Crippen LogP contribution in [-0.4, -0.2) is 34.2 Å². The lowest BCUT2D eigenvalue weighted by molar-refractivity contribution is 0.738. The van der Waals surface area contributed by atoms with E-state index in [9.17, 15) is 4.79 Å². The van der Waals surface area contributed by atoms with Crippen LogP contribution < -0.4 is 10.5 Å². The third-order valence-corrected chi connectivity index (χ3v) is 3.34. The quantitative estimate of drug-likeness (QED) is 0.678. The number of hydrogen-bond donors (Lipinski definition) is 1. The third kappa shape index (κ3) is 3.63. The Kier molecular flexibility index (Phi) is 4.99. The van der Waals surface area contributed by atoms with Crippen molar-refractivity contribution in [1.29, 1.82) is 0 Å². The van der Waals surface area contributed by atoms with Crippen LogP contribution >= 0.6 is 12.2 Å². The molecule has 2 aromatic rings. The molecule has 0 radical (unpaired) electrons. The van der Waals surface area contributed by atoms with E-state index in [1.807, 2.05) is 24.3 Å². The van der Waals surface area contributed by atoms with Crippen molar-refractivity contribution < 1.29 is 0 Å². The van der Waals surface area contributed by atoms with E-state index in [2.05, 4.69) is 34.0 Å². The summed E-state index contributed by atoms with van der Waals surface area (Å²) >= 11 is 4.97. The molecule has 1 aromatic heterocycles. The Bertz CT molecular complexity index is 700. The molecule has 6 nitrogen and oxygen atoms in total. The minimum atomic E-state index is -0.366. The number of aromatic amines is 1. The van der Waals surface area contributed by atoms with Crippen LogP contribution in [0.15, 0.2) is 40.4 Å². The first kappa shape index (κ1) is 15.1. The van der Waals surface area contributed by atoms with E-state index in [1.165, 1.54) is 0 Å². The largest absolute Gasteiger partial charge is 0.372 e. The van der Waals surface area contributed by atoms with E-state index >= 15 is 0 Å². The summed E-state index contributed by atoms with van der Waals surface area (Å²) in [7, 11) is 0. The van der Waals surface area contributed by atoms with Gasteiger partial charge in [-0.3, -0.25) is 9.89 Å². The van der Waals surface area contributed by atoms with E-state index in [0.29, 0.717) is 0 Å². The number of hydrogen-bond acceptors (Lipinski definition) is 5. The van der Waals surface area contributed by atoms with Crippen LogP contribution in [0.2, 0.25) is 0 Å². The predicted octanol–water partition coefficient (Wildman–Crippen LogP) is 2.03. The number of anilines is 1. The highest BCUT2D eigenvalue weighted by Crippen LogP contribution is 2.13. The Hall–Kier alpha value is -2.28. The molecule has 1 heterocycles. The van der Waals surface area contributed by atoms with Crippen LogP contribution in [0.25, 0.3) is 0 Å². The Morgan fingerprint density at radius 1 is 1.33 bits per heavy atom. The maximum atomic E-state index is 11.6. The molecule has 110 valence electrons. The molecule has 0 atom stereocenters. The maximum Gasteiger partial charge on any atom is 0.293 e. The molecule has 7 heteroatoms. The second-order valence-corrected chi connectivity index (χ2v) is 4.72. The molecular formula is C14H17N5OS.